The van der Waals surface area contributed by atoms with Crippen LogP contribution in [0.3, 0.4) is 0 Å². The quantitative estimate of drug-likeness (QED) is 0.795. The summed E-state index contributed by atoms with van der Waals surface area (Å²) in [5.41, 5.74) is 6.76. The monoisotopic (exact) mass is 344 g/mol. The second-order valence-electron chi connectivity index (χ2n) is 6.01. The predicted octanol–water partition coefficient (Wildman–Crippen LogP) is 0.833. The number of benzene rings is 1. The van der Waals surface area contributed by atoms with Crippen molar-refractivity contribution in [2.45, 2.75) is 12.6 Å². The molecule has 1 saturated heterocycles. The number of hydrogen-bond acceptors (Lipinski definition) is 6. The highest BCUT2D eigenvalue weighted by Gasteiger charge is 2.31. The van der Waals surface area contributed by atoms with E-state index >= 15 is 0 Å². The Morgan fingerprint density at radius 1 is 1.32 bits per heavy atom. The summed E-state index contributed by atoms with van der Waals surface area (Å²) in [5, 5.41) is 4.66. The molecule has 1 aromatic carbocycles. The first-order chi connectivity index (χ1) is 12.3. The van der Waals surface area contributed by atoms with E-state index in [2.05, 4.69) is 10.3 Å². The number of nitrogens with zero attached hydrogens (tertiary/aromatic N) is 2. The van der Waals surface area contributed by atoms with Crippen molar-refractivity contribution in [3.63, 3.8) is 0 Å². The highest BCUT2D eigenvalue weighted by molar-refractivity contribution is 5.89. The minimum absolute atomic E-state index is 0.103. The molecule has 0 radical (unpaired) electrons. The number of amides is 2. The van der Waals surface area contributed by atoms with E-state index in [4.69, 9.17) is 19.9 Å². The zero-order valence-corrected chi connectivity index (χ0v) is 13.7. The van der Waals surface area contributed by atoms with Crippen molar-refractivity contribution in [2.24, 2.45) is 5.73 Å². The van der Waals surface area contributed by atoms with E-state index in [9.17, 15) is 4.79 Å². The minimum Gasteiger partial charge on any atom is -0.491 e. The first kappa shape index (κ1) is 15.9. The van der Waals surface area contributed by atoms with Crippen molar-refractivity contribution in [1.82, 2.24) is 15.2 Å². The Labute approximate surface area is 144 Å². The lowest BCUT2D eigenvalue weighted by Crippen LogP contribution is -2.39. The van der Waals surface area contributed by atoms with Crippen LogP contribution in [0.15, 0.2) is 24.4 Å². The van der Waals surface area contributed by atoms with Gasteiger partial charge in [-0.25, -0.2) is 9.78 Å². The molecule has 1 aromatic heterocycles. The lowest BCUT2D eigenvalue weighted by Gasteiger charge is -2.22. The van der Waals surface area contributed by atoms with Gasteiger partial charge in [-0.1, -0.05) is 0 Å². The number of aromatic nitrogens is 1. The van der Waals surface area contributed by atoms with Gasteiger partial charge in [-0.15, -0.1) is 0 Å². The first-order valence-corrected chi connectivity index (χ1v) is 8.26. The molecule has 0 spiro atoms. The summed E-state index contributed by atoms with van der Waals surface area (Å²) in [6, 6.07) is 5.56. The van der Waals surface area contributed by atoms with Gasteiger partial charge < -0.3 is 25.3 Å². The average Bonchev–Trinajstić information content (AvgIpc) is 2.98. The molecule has 2 amide bonds. The fourth-order valence-corrected chi connectivity index (χ4v) is 3.07. The topological polar surface area (TPSA) is 98.9 Å². The van der Waals surface area contributed by atoms with Crippen LogP contribution in [-0.4, -0.2) is 55.1 Å². The second-order valence-corrected chi connectivity index (χ2v) is 6.01. The van der Waals surface area contributed by atoms with Gasteiger partial charge in [-0.3, -0.25) is 4.90 Å². The van der Waals surface area contributed by atoms with Crippen molar-refractivity contribution in [2.75, 3.05) is 33.1 Å². The molecule has 132 valence electrons. The summed E-state index contributed by atoms with van der Waals surface area (Å²) >= 11 is 0. The summed E-state index contributed by atoms with van der Waals surface area (Å²) < 4.78 is 17.3. The van der Waals surface area contributed by atoms with Crippen LogP contribution in [0.2, 0.25) is 0 Å². The molecular weight excluding hydrogens is 324 g/mol. The third-order valence-corrected chi connectivity index (χ3v) is 4.45. The lowest BCUT2D eigenvalue weighted by molar-refractivity contribution is 0.0196. The SMILES string of the molecule is NCc1cc2ccnc3c2cc1OCCOCN1C(=O)NCC1CO3. The highest BCUT2D eigenvalue weighted by atomic mass is 16.5. The largest absolute Gasteiger partial charge is 0.491 e. The number of pyridine rings is 1. The maximum atomic E-state index is 11.9. The molecule has 2 aliphatic heterocycles. The van der Waals surface area contributed by atoms with Crippen LogP contribution in [0.25, 0.3) is 10.8 Å². The van der Waals surface area contributed by atoms with Crippen LogP contribution in [0.4, 0.5) is 4.79 Å². The van der Waals surface area contributed by atoms with E-state index in [-0.39, 0.29) is 18.8 Å². The minimum atomic E-state index is -0.151. The zero-order valence-electron chi connectivity index (χ0n) is 13.7. The Morgan fingerprint density at radius 3 is 3.12 bits per heavy atom. The Bertz CT molecular complexity index is 798. The van der Waals surface area contributed by atoms with Gasteiger partial charge in [0.25, 0.3) is 0 Å². The first-order valence-electron chi connectivity index (χ1n) is 8.26. The van der Waals surface area contributed by atoms with E-state index in [0.29, 0.717) is 44.5 Å². The number of nitrogens with one attached hydrogen (secondary N) is 1. The average molecular weight is 344 g/mol. The maximum absolute atomic E-state index is 11.9. The summed E-state index contributed by atoms with van der Waals surface area (Å²) in [4.78, 5) is 17.9. The molecule has 3 N–H and O–H groups in total. The Balaban J connectivity index is 1.71. The van der Waals surface area contributed by atoms with Gasteiger partial charge in [-0.2, -0.15) is 0 Å². The van der Waals surface area contributed by atoms with Gasteiger partial charge in [0, 0.05) is 30.2 Å². The van der Waals surface area contributed by atoms with Crippen LogP contribution >= 0.6 is 0 Å². The lowest BCUT2D eigenvalue weighted by atomic mass is 10.1. The number of urea groups is 1. The molecule has 8 heteroatoms. The van der Waals surface area contributed by atoms with Crippen molar-refractivity contribution < 1.29 is 19.0 Å². The van der Waals surface area contributed by atoms with E-state index in [0.717, 1.165) is 16.3 Å². The molecule has 0 saturated carbocycles. The molecule has 1 fully saturated rings. The standard InChI is InChI=1S/C17H20N4O4/c18-7-12-5-11-1-2-19-16-14(11)6-15(12)24-4-3-23-10-21-13(9-25-16)8-20-17(21)22/h1-2,5-6,13H,3-4,7-10,18H2,(H,20,22). The van der Waals surface area contributed by atoms with Crippen LogP contribution in [0.1, 0.15) is 5.56 Å². The summed E-state index contributed by atoms with van der Waals surface area (Å²) in [7, 11) is 0. The highest BCUT2D eigenvalue weighted by Crippen LogP contribution is 2.31. The number of carbonyl (C=O) groups excluding carboxylic acids is 1. The van der Waals surface area contributed by atoms with Crippen LogP contribution < -0.4 is 20.5 Å². The van der Waals surface area contributed by atoms with Crippen molar-refractivity contribution in [1.29, 1.82) is 0 Å². The maximum Gasteiger partial charge on any atom is 0.319 e. The Morgan fingerprint density at radius 2 is 2.24 bits per heavy atom. The summed E-state index contributed by atoms with van der Waals surface area (Å²) in [6.45, 7) is 2.17. The van der Waals surface area contributed by atoms with Gasteiger partial charge in [0.2, 0.25) is 5.88 Å². The van der Waals surface area contributed by atoms with Crippen LogP contribution in [-0.2, 0) is 11.3 Å². The van der Waals surface area contributed by atoms with Gasteiger partial charge in [0.05, 0.1) is 12.6 Å². The van der Waals surface area contributed by atoms with E-state index in [1.54, 1.807) is 11.1 Å². The fraction of sp³-hybridized carbons (Fsp3) is 0.412. The van der Waals surface area contributed by atoms with E-state index in [1.807, 2.05) is 18.2 Å². The van der Waals surface area contributed by atoms with Crippen LogP contribution in [0.5, 0.6) is 11.6 Å². The van der Waals surface area contributed by atoms with Crippen LogP contribution in [0, 0.1) is 0 Å². The Kier molecular flexibility index (Phi) is 4.29. The molecular formula is C17H20N4O4. The van der Waals surface area contributed by atoms with E-state index < -0.39 is 0 Å². The molecule has 25 heavy (non-hydrogen) atoms. The molecule has 4 rings (SSSR count). The number of nitrogens with two attached hydrogens (primary N) is 1. The van der Waals surface area contributed by atoms with Gasteiger partial charge in [-0.05, 0) is 23.6 Å². The molecule has 0 aliphatic carbocycles. The third kappa shape index (κ3) is 3.06. The third-order valence-electron chi connectivity index (χ3n) is 4.45. The molecule has 2 aromatic rings. The molecule has 3 heterocycles. The molecule has 2 bridgehead atoms. The number of fused-ring (bicyclic) bond motifs is 2. The second kappa shape index (κ2) is 6.73. The van der Waals surface area contributed by atoms with E-state index in [1.165, 1.54) is 0 Å². The normalized spacial score (nSPS) is 20.8. The molecule has 1 unspecified atom stereocenters. The number of carbonyl (C=O) groups is 1. The smallest absolute Gasteiger partial charge is 0.319 e. The number of rotatable bonds is 1. The van der Waals surface area contributed by atoms with Gasteiger partial charge >= 0.3 is 6.03 Å². The molecule has 8 nitrogen and oxygen atoms in total. The predicted molar refractivity (Wildman–Crippen MR) is 90.5 cm³/mol. The summed E-state index contributed by atoms with van der Waals surface area (Å²) in [6.07, 6.45) is 1.70. The molecule has 2 aliphatic rings. The number of ether oxygens (including phenoxy) is 3. The summed E-state index contributed by atoms with van der Waals surface area (Å²) in [5.74, 6) is 1.22. The van der Waals surface area contributed by atoms with Crippen molar-refractivity contribution >= 4 is 16.8 Å². The van der Waals surface area contributed by atoms with Gasteiger partial charge in [0.1, 0.15) is 25.7 Å². The molecule has 1 atom stereocenters. The number of hydrogen-bond donors (Lipinski definition) is 2. The fourth-order valence-electron chi connectivity index (χ4n) is 3.07. The Hall–Kier alpha value is -2.58. The van der Waals surface area contributed by atoms with Crippen molar-refractivity contribution in [3.05, 3.63) is 30.0 Å². The van der Waals surface area contributed by atoms with Crippen molar-refractivity contribution in [3.8, 4) is 11.6 Å². The zero-order chi connectivity index (χ0) is 17.2. The van der Waals surface area contributed by atoms with Gasteiger partial charge in [0.15, 0.2) is 0 Å².